The summed E-state index contributed by atoms with van der Waals surface area (Å²) in [6, 6.07) is 10.7. The van der Waals surface area contributed by atoms with Crippen molar-refractivity contribution in [2.75, 3.05) is 19.1 Å². The van der Waals surface area contributed by atoms with E-state index in [1.165, 1.54) is 0 Å². The van der Waals surface area contributed by atoms with Gasteiger partial charge in [0.25, 0.3) is 10.1 Å². The molecule has 2 rings (SSSR count). The van der Waals surface area contributed by atoms with Crippen molar-refractivity contribution in [1.82, 2.24) is 0 Å². The third-order valence-electron chi connectivity index (χ3n) is 2.86. The predicted molar refractivity (Wildman–Crippen MR) is 83.9 cm³/mol. The average molecular weight is 344 g/mol. The highest BCUT2D eigenvalue weighted by Crippen LogP contribution is 2.31. The molecule has 0 spiro atoms. The van der Waals surface area contributed by atoms with Crippen molar-refractivity contribution in [1.29, 1.82) is 0 Å². The van der Waals surface area contributed by atoms with Gasteiger partial charge in [-0.3, -0.25) is 4.18 Å². The van der Waals surface area contributed by atoms with E-state index in [2.05, 4.69) is 0 Å². The summed E-state index contributed by atoms with van der Waals surface area (Å²) in [4.78, 5) is 0. The van der Waals surface area contributed by atoms with Crippen LogP contribution in [-0.4, -0.2) is 36.0 Å². The smallest absolute Gasteiger partial charge is 0.306 e. The van der Waals surface area contributed by atoms with Gasteiger partial charge in [0, 0.05) is 11.8 Å². The minimum absolute atomic E-state index is 0.0860. The second kappa shape index (κ2) is 6.23. The van der Waals surface area contributed by atoms with Crippen molar-refractivity contribution in [3.8, 4) is 5.75 Å². The molecule has 0 N–H and O–H groups in total. The number of hydrogen-bond acceptors (Lipinski definition) is 6. The van der Waals surface area contributed by atoms with E-state index in [4.69, 9.17) is 8.37 Å². The summed E-state index contributed by atoms with van der Waals surface area (Å²) in [6.45, 7) is -0.0860. The molecule has 0 aromatic heterocycles. The van der Waals surface area contributed by atoms with Crippen molar-refractivity contribution in [3.05, 3.63) is 42.0 Å². The Kier molecular flexibility index (Phi) is 4.74. The summed E-state index contributed by atoms with van der Waals surface area (Å²) in [5, 5.41) is 1.47. The zero-order valence-corrected chi connectivity index (χ0v) is 13.8. The molecule has 0 saturated heterocycles. The van der Waals surface area contributed by atoms with Gasteiger partial charge in [0.1, 0.15) is 0 Å². The van der Waals surface area contributed by atoms with Crippen LogP contribution in [0.15, 0.2) is 36.4 Å². The molecule has 8 heteroatoms. The van der Waals surface area contributed by atoms with Crippen molar-refractivity contribution >= 4 is 31.0 Å². The Morgan fingerprint density at radius 1 is 0.909 bits per heavy atom. The van der Waals surface area contributed by atoms with Gasteiger partial charge in [-0.2, -0.15) is 16.8 Å². The Hall–Kier alpha value is -1.64. The van der Waals surface area contributed by atoms with Crippen LogP contribution in [-0.2, 0) is 30.8 Å². The summed E-state index contributed by atoms with van der Waals surface area (Å²) in [7, 11) is -7.25. The molecule has 0 amide bonds. The van der Waals surface area contributed by atoms with Gasteiger partial charge in [0.15, 0.2) is 5.75 Å². The van der Waals surface area contributed by atoms with Crippen LogP contribution in [0.2, 0.25) is 0 Å². The molecule has 2 aromatic rings. The zero-order valence-electron chi connectivity index (χ0n) is 12.1. The quantitative estimate of drug-likeness (QED) is 0.741. The molecular weight excluding hydrogens is 328 g/mol. The van der Waals surface area contributed by atoms with Crippen LogP contribution in [0.4, 0.5) is 0 Å². The van der Waals surface area contributed by atoms with Crippen LogP contribution in [0.25, 0.3) is 10.8 Å². The van der Waals surface area contributed by atoms with Gasteiger partial charge in [-0.15, -0.1) is 0 Å². The van der Waals surface area contributed by atoms with Crippen molar-refractivity contribution in [3.63, 3.8) is 0 Å². The molecule has 2 aromatic carbocycles. The van der Waals surface area contributed by atoms with E-state index in [1.54, 1.807) is 18.2 Å². The largest absolute Gasteiger partial charge is 0.382 e. The molecule has 0 bridgehead atoms. The number of benzene rings is 2. The lowest BCUT2D eigenvalue weighted by atomic mass is 10.0. The molecule has 22 heavy (non-hydrogen) atoms. The molecule has 0 saturated carbocycles. The van der Waals surface area contributed by atoms with Crippen LogP contribution < -0.4 is 4.18 Å². The molecule has 0 aliphatic carbocycles. The van der Waals surface area contributed by atoms with Gasteiger partial charge < -0.3 is 4.18 Å². The summed E-state index contributed by atoms with van der Waals surface area (Å²) in [5.74, 6) is 0.206. The van der Waals surface area contributed by atoms with Gasteiger partial charge in [0.05, 0.1) is 19.1 Å². The summed E-state index contributed by atoms with van der Waals surface area (Å²) in [5.41, 5.74) is 0.563. The van der Waals surface area contributed by atoms with E-state index in [0.29, 0.717) is 10.9 Å². The topological polar surface area (TPSA) is 86.7 Å². The lowest BCUT2D eigenvalue weighted by molar-refractivity contribution is 0.324. The Labute approximate surface area is 129 Å². The molecule has 0 aliphatic heterocycles. The molecule has 6 nitrogen and oxygen atoms in total. The number of fused-ring (bicyclic) bond motifs is 1. The van der Waals surface area contributed by atoms with E-state index in [1.807, 2.05) is 18.2 Å². The van der Waals surface area contributed by atoms with Crippen LogP contribution in [0.3, 0.4) is 0 Å². The molecule has 0 radical (unpaired) electrons. The molecule has 0 atom stereocenters. The van der Waals surface area contributed by atoms with E-state index < -0.39 is 20.2 Å². The van der Waals surface area contributed by atoms with E-state index in [9.17, 15) is 16.8 Å². The highest BCUT2D eigenvalue weighted by atomic mass is 32.2. The van der Waals surface area contributed by atoms with Gasteiger partial charge in [-0.25, -0.2) is 0 Å². The fraction of sp³-hybridized carbons (Fsp3) is 0.286. The molecular formula is C14H16O6S2. The van der Waals surface area contributed by atoms with Gasteiger partial charge in [-0.05, 0) is 10.9 Å². The summed E-state index contributed by atoms with van der Waals surface area (Å²) in [6.07, 6.45) is 2.13. The van der Waals surface area contributed by atoms with Crippen LogP contribution in [0.5, 0.6) is 5.75 Å². The fourth-order valence-electron chi connectivity index (χ4n) is 2.04. The van der Waals surface area contributed by atoms with Crippen molar-refractivity contribution in [2.24, 2.45) is 0 Å². The Morgan fingerprint density at radius 2 is 1.59 bits per heavy atom. The average Bonchev–Trinajstić information content (AvgIpc) is 2.38. The fourth-order valence-corrected chi connectivity index (χ4v) is 2.92. The molecule has 0 unspecified atom stereocenters. The van der Waals surface area contributed by atoms with Crippen LogP contribution in [0.1, 0.15) is 5.56 Å². The van der Waals surface area contributed by atoms with Gasteiger partial charge in [0.2, 0.25) is 0 Å². The predicted octanol–water partition coefficient (Wildman–Crippen LogP) is 1.70. The molecule has 0 aliphatic rings. The second-order valence-corrected chi connectivity index (χ2v) is 8.06. The Morgan fingerprint density at radius 3 is 2.23 bits per heavy atom. The lowest BCUT2D eigenvalue weighted by Gasteiger charge is -2.12. The van der Waals surface area contributed by atoms with E-state index in [-0.39, 0.29) is 18.8 Å². The van der Waals surface area contributed by atoms with Crippen LogP contribution in [0, 0.1) is 0 Å². The second-order valence-electron chi connectivity index (χ2n) is 4.84. The first kappa shape index (κ1) is 16.7. The first-order valence-electron chi connectivity index (χ1n) is 6.40. The maximum Gasteiger partial charge on any atom is 0.306 e. The zero-order chi connectivity index (χ0) is 16.4. The Balaban J connectivity index is 2.42. The van der Waals surface area contributed by atoms with E-state index >= 15 is 0 Å². The summed E-state index contributed by atoms with van der Waals surface area (Å²) < 4.78 is 54.8. The summed E-state index contributed by atoms with van der Waals surface area (Å²) >= 11 is 0. The highest BCUT2D eigenvalue weighted by Gasteiger charge is 2.14. The normalized spacial score (nSPS) is 12.5. The van der Waals surface area contributed by atoms with Crippen molar-refractivity contribution < 1.29 is 25.2 Å². The standard InChI is InChI=1S/C14H16O6S2/c1-21(15,16)19-10-9-12-8-7-11-5-3-4-6-13(11)14(12)20-22(2,17)18/h3-8H,9-10H2,1-2H3. The number of rotatable bonds is 6. The van der Waals surface area contributed by atoms with E-state index in [0.717, 1.165) is 17.9 Å². The third kappa shape index (κ3) is 4.69. The lowest BCUT2D eigenvalue weighted by Crippen LogP contribution is -2.10. The SMILES string of the molecule is CS(=O)(=O)OCCc1ccc2ccccc2c1OS(C)(=O)=O. The minimum Gasteiger partial charge on any atom is -0.382 e. The van der Waals surface area contributed by atoms with Gasteiger partial charge in [-0.1, -0.05) is 36.4 Å². The first-order chi connectivity index (χ1) is 10.2. The van der Waals surface area contributed by atoms with Crippen LogP contribution >= 0.6 is 0 Å². The molecule has 0 heterocycles. The highest BCUT2D eigenvalue weighted by molar-refractivity contribution is 7.86. The first-order valence-corrected chi connectivity index (χ1v) is 10.0. The van der Waals surface area contributed by atoms with Gasteiger partial charge >= 0.3 is 10.1 Å². The Bertz CT molecular complexity index is 885. The molecule has 0 fully saturated rings. The maximum atomic E-state index is 11.5. The minimum atomic E-state index is -3.70. The monoisotopic (exact) mass is 344 g/mol. The third-order valence-corrected chi connectivity index (χ3v) is 3.93. The van der Waals surface area contributed by atoms with Crippen molar-refractivity contribution in [2.45, 2.75) is 6.42 Å². The maximum absolute atomic E-state index is 11.5. The number of hydrogen-bond donors (Lipinski definition) is 0. The molecule has 120 valence electrons.